The number of nitrogens with zero attached hydrogens (tertiary/aromatic N) is 4. The monoisotopic (exact) mass is 538 g/mol. The zero-order chi connectivity index (χ0) is 27.0. The molecule has 1 aromatic carbocycles. The van der Waals surface area contributed by atoms with Crippen LogP contribution in [0.4, 0.5) is 5.69 Å². The Morgan fingerprint density at radius 2 is 1.76 bits per heavy atom. The molecule has 0 spiro atoms. The number of rotatable bonds is 7. The molecule has 202 valence electrons. The van der Waals surface area contributed by atoms with Gasteiger partial charge in [0.25, 0.3) is 5.91 Å². The number of carbonyl (C=O) groups is 2. The number of nitrogens with one attached hydrogen (secondary N) is 1. The van der Waals surface area contributed by atoms with E-state index in [0.29, 0.717) is 47.8 Å². The standard InChI is InChI=1S/C27H34N6O4S/c1-17-25(30-27(35)24-15-22(26(28)34)21-9-5-6-10-23(21)29-24)18(2)33(31-17)16-19-11-13-32(14-12-19)38(36,37)20-7-3-4-8-20/h5-6,9-10,15,19-20H,3-4,7-8,11-14,16H2,1-2H3,(H2,28,34)(H,30,35). The van der Waals surface area contributed by atoms with Gasteiger partial charge in [-0.2, -0.15) is 5.10 Å². The van der Waals surface area contributed by atoms with Gasteiger partial charge in [0.05, 0.1) is 33.4 Å². The number of benzene rings is 1. The molecule has 2 amide bonds. The predicted molar refractivity (Wildman–Crippen MR) is 145 cm³/mol. The van der Waals surface area contributed by atoms with E-state index in [9.17, 15) is 18.0 Å². The second kappa shape index (κ2) is 10.5. The van der Waals surface area contributed by atoms with Gasteiger partial charge in [-0.1, -0.05) is 31.0 Å². The summed E-state index contributed by atoms with van der Waals surface area (Å²) in [6.07, 6.45) is 5.12. The van der Waals surface area contributed by atoms with Crippen molar-refractivity contribution in [2.24, 2.45) is 11.7 Å². The summed E-state index contributed by atoms with van der Waals surface area (Å²) in [5.41, 5.74) is 8.50. The normalized spacial score (nSPS) is 17.7. The molecule has 11 heteroatoms. The summed E-state index contributed by atoms with van der Waals surface area (Å²) < 4.78 is 29.5. The van der Waals surface area contributed by atoms with Crippen molar-refractivity contribution in [3.05, 3.63) is 53.0 Å². The maximum Gasteiger partial charge on any atom is 0.274 e. The van der Waals surface area contributed by atoms with Gasteiger partial charge in [-0.3, -0.25) is 14.3 Å². The first-order valence-electron chi connectivity index (χ1n) is 13.2. The summed E-state index contributed by atoms with van der Waals surface area (Å²) in [6, 6.07) is 8.47. The number of nitrogens with two attached hydrogens (primary N) is 1. The van der Waals surface area contributed by atoms with Gasteiger partial charge < -0.3 is 11.1 Å². The minimum absolute atomic E-state index is 0.0971. The minimum atomic E-state index is -3.20. The largest absolute Gasteiger partial charge is 0.366 e. The molecule has 1 aliphatic heterocycles. The van der Waals surface area contributed by atoms with Crippen molar-refractivity contribution in [3.8, 4) is 0 Å². The first-order valence-corrected chi connectivity index (χ1v) is 14.7. The van der Waals surface area contributed by atoms with Crippen LogP contribution in [0.2, 0.25) is 0 Å². The van der Waals surface area contributed by atoms with Gasteiger partial charge >= 0.3 is 0 Å². The fourth-order valence-corrected chi connectivity index (χ4v) is 7.79. The lowest BCUT2D eigenvalue weighted by Crippen LogP contribution is -2.43. The Hall–Kier alpha value is -3.31. The topological polar surface area (TPSA) is 140 Å². The maximum atomic E-state index is 13.2. The van der Waals surface area contributed by atoms with Gasteiger partial charge in [0.15, 0.2) is 0 Å². The van der Waals surface area contributed by atoms with Gasteiger partial charge in [0.2, 0.25) is 15.9 Å². The molecule has 3 heterocycles. The summed E-state index contributed by atoms with van der Waals surface area (Å²) >= 11 is 0. The van der Waals surface area contributed by atoms with Crippen LogP contribution in [0.25, 0.3) is 10.9 Å². The fourth-order valence-electron chi connectivity index (χ4n) is 5.72. The SMILES string of the molecule is Cc1nn(CC2CCN(S(=O)(=O)C3CCCC3)CC2)c(C)c1NC(=O)c1cc(C(N)=O)c2ccccc2n1. The highest BCUT2D eigenvalue weighted by Gasteiger charge is 2.36. The van der Waals surface area contributed by atoms with Gasteiger partial charge in [-0.05, 0) is 57.6 Å². The molecule has 38 heavy (non-hydrogen) atoms. The molecule has 3 N–H and O–H groups in total. The van der Waals surface area contributed by atoms with Crippen LogP contribution in [0.3, 0.4) is 0 Å². The van der Waals surface area contributed by atoms with Crippen molar-refractivity contribution in [1.29, 1.82) is 0 Å². The van der Waals surface area contributed by atoms with Gasteiger partial charge in [-0.25, -0.2) is 17.7 Å². The van der Waals surface area contributed by atoms with Gasteiger partial charge in [-0.15, -0.1) is 0 Å². The number of fused-ring (bicyclic) bond motifs is 1. The Morgan fingerprint density at radius 3 is 2.45 bits per heavy atom. The van der Waals surface area contributed by atoms with Crippen LogP contribution in [-0.2, 0) is 16.6 Å². The summed E-state index contributed by atoms with van der Waals surface area (Å²) in [4.78, 5) is 29.6. The smallest absolute Gasteiger partial charge is 0.274 e. The third kappa shape index (κ3) is 5.04. The average molecular weight is 539 g/mol. The number of hydrogen-bond acceptors (Lipinski definition) is 6. The van der Waals surface area contributed by atoms with Crippen LogP contribution in [0.1, 0.15) is 70.8 Å². The number of amides is 2. The second-order valence-electron chi connectivity index (χ2n) is 10.4. The molecule has 0 radical (unpaired) electrons. The summed E-state index contributed by atoms with van der Waals surface area (Å²) in [6.45, 7) is 5.47. The summed E-state index contributed by atoms with van der Waals surface area (Å²) in [5.74, 6) is -0.777. The zero-order valence-electron chi connectivity index (χ0n) is 21.8. The Balaban J connectivity index is 1.27. The van der Waals surface area contributed by atoms with E-state index in [2.05, 4.69) is 15.4 Å². The number of aromatic nitrogens is 3. The molecule has 3 aromatic rings. The van der Waals surface area contributed by atoms with Gasteiger partial charge in [0, 0.05) is 25.0 Å². The van der Waals surface area contributed by atoms with E-state index >= 15 is 0 Å². The highest BCUT2D eigenvalue weighted by Crippen LogP contribution is 2.31. The molecule has 1 saturated carbocycles. The molecule has 2 aliphatic rings. The van der Waals surface area contributed by atoms with E-state index in [-0.39, 0.29) is 16.5 Å². The van der Waals surface area contributed by atoms with Gasteiger partial charge in [0.1, 0.15) is 5.69 Å². The molecule has 2 fully saturated rings. The summed E-state index contributed by atoms with van der Waals surface area (Å²) in [5, 5.41) is 7.96. The van der Waals surface area contributed by atoms with E-state index in [4.69, 9.17) is 5.73 Å². The quantitative estimate of drug-likeness (QED) is 0.473. The Labute approximate surface area is 222 Å². The number of sulfonamides is 1. The first kappa shape index (κ1) is 26.3. The molecule has 10 nitrogen and oxygen atoms in total. The molecule has 1 saturated heterocycles. The van der Waals surface area contributed by atoms with Crippen molar-refractivity contribution in [3.63, 3.8) is 0 Å². The number of carbonyl (C=O) groups excluding carboxylic acids is 2. The van der Waals surface area contributed by atoms with Crippen LogP contribution in [-0.4, -0.2) is 57.6 Å². The molecular weight excluding hydrogens is 504 g/mol. The molecule has 0 atom stereocenters. The van der Waals surface area contributed by atoms with Crippen LogP contribution >= 0.6 is 0 Å². The third-order valence-electron chi connectivity index (χ3n) is 7.92. The van der Waals surface area contributed by atoms with E-state index < -0.39 is 21.8 Å². The van der Waals surface area contributed by atoms with Crippen LogP contribution in [0.5, 0.6) is 0 Å². The number of para-hydroxylation sites is 1. The van der Waals surface area contributed by atoms with Crippen molar-refractivity contribution < 1.29 is 18.0 Å². The predicted octanol–water partition coefficient (Wildman–Crippen LogP) is 3.38. The second-order valence-corrected chi connectivity index (χ2v) is 12.6. The third-order valence-corrected chi connectivity index (χ3v) is 10.3. The molecule has 2 aromatic heterocycles. The van der Waals surface area contributed by atoms with Crippen molar-refractivity contribution in [1.82, 2.24) is 19.1 Å². The zero-order valence-corrected chi connectivity index (χ0v) is 22.6. The molecule has 5 rings (SSSR count). The maximum absolute atomic E-state index is 13.2. The van der Waals surface area contributed by atoms with Crippen LogP contribution in [0.15, 0.2) is 30.3 Å². The highest BCUT2D eigenvalue weighted by molar-refractivity contribution is 7.89. The Kier molecular flexibility index (Phi) is 7.23. The molecule has 1 aliphatic carbocycles. The van der Waals surface area contributed by atoms with Crippen LogP contribution in [0, 0.1) is 19.8 Å². The van der Waals surface area contributed by atoms with Crippen molar-refractivity contribution in [2.45, 2.75) is 64.2 Å². The lowest BCUT2D eigenvalue weighted by atomic mass is 9.98. The highest BCUT2D eigenvalue weighted by atomic mass is 32.2. The lowest BCUT2D eigenvalue weighted by Gasteiger charge is -2.33. The first-order chi connectivity index (χ1) is 18.1. The number of primary amides is 1. The van der Waals surface area contributed by atoms with Crippen molar-refractivity contribution >= 4 is 38.4 Å². The number of aryl methyl sites for hydroxylation is 1. The number of piperidine rings is 1. The molecular formula is C27H34N6O4S. The lowest BCUT2D eigenvalue weighted by molar-refractivity contribution is 0.100. The molecule has 0 unspecified atom stereocenters. The number of hydrogen-bond donors (Lipinski definition) is 2. The van der Waals surface area contributed by atoms with Crippen molar-refractivity contribution in [2.75, 3.05) is 18.4 Å². The molecule has 0 bridgehead atoms. The number of pyridine rings is 1. The van der Waals surface area contributed by atoms with E-state index in [1.807, 2.05) is 18.5 Å². The van der Waals surface area contributed by atoms with E-state index in [0.717, 1.165) is 44.2 Å². The number of anilines is 1. The summed E-state index contributed by atoms with van der Waals surface area (Å²) in [7, 11) is -3.20. The van der Waals surface area contributed by atoms with E-state index in [1.54, 1.807) is 28.6 Å². The Morgan fingerprint density at radius 1 is 1.08 bits per heavy atom. The minimum Gasteiger partial charge on any atom is -0.366 e. The fraction of sp³-hybridized carbons (Fsp3) is 0.481. The van der Waals surface area contributed by atoms with E-state index in [1.165, 1.54) is 6.07 Å². The van der Waals surface area contributed by atoms with Crippen LogP contribution < -0.4 is 11.1 Å². The average Bonchev–Trinajstić information content (AvgIpc) is 3.54. The Bertz CT molecular complexity index is 1480.